The van der Waals surface area contributed by atoms with Crippen molar-refractivity contribution in [2.75, 3.05) is 5.73 Å². The minimum atomic E-state index is -4.96. The summed E-state index contributed by atoms with van der Waals surface area (Å²) in [5.41, 5.74) is 5.25. The molecule has 0 heterocycles. The number of rotatable bonds is 2. The van der Waals surface area contributed by atoms with E-state index in [1.165, 1.54) is 6.07 Å². The Bertz CT molecular complexity index is 318. The first-order valence-corrected chi connectivity index (χ1v) is 4.27. The normalized spacial score (nSPS) is 10.9. The van der Waals surface area contributed by atoms with E-state index in [9.17, 15) is 12.9 Å². The maximum absolute atomic E-state index is 12.3. The number of nitrogen functional groups attached to an aromatic ring is 1. The average Bonchev–Trinajstić information content (AvgIpc) is 2.01. The molecule has 0 aromatic heterocycles. The molecule has 0 radical (unpaired) electrons. The van der Waals surface area contributed by atoms with E-state index in [2.05, 4.69) is 12.6 Å². The Morgan fingerprint density at radius 3 is 2.21 bits per heavy atom. The van der Waals surface area contributed by atoms with Gasteiger partial charge in [-0.1, -0.05) is 12.1 Å². The number of nitrogens with two attached hydrogens (primary N) is 1. The molecule has 0 saturated carbocycles. The van der Waals surface area contributed by atoms with Crippen LogP contribution in [0.4, 0.5) is 18.6 Å². The van der Waals surface area contributed by atoms with Crippen LogP contribution in [-0.4, -0.2) is 6.98 Å². The molecule has 14 heavy (non-hydrogen) atoms. The molecule has 72 valence electrons. The first-order valence-electron chi connectivity index (χ1n) is 3.63. The SMILES string of the molecule is Nc1cc(CS)cc([B-](F)(F)F)c1.[K+]. The quantitative estimate of drug-likeness (QED) is 0.380. The minimum absolute atomic E-state index is 0. The third kappa shape index (κ3) is 4.16. The molecular formula is C7H8BF3KNS. The first-order chi connectivity index (χ1) is 5.93. The molecule has 0 aliphatic carbocycles. The Kier molecular flexibility index (Phi) is 6.17. The molecule has 0 bridgehead atoms. The summed E-state index contributed by atoms with van der Waals surface area (Å²) in [6.45, 7) is -4.96. The van der Waals surface area contributed by atoms with Crippen LogP contribution in [0.1, 0.15) is 5.56 Å². The summed E-state index contributed by atoms with van der Waals surface area (Å²) in [5.74, 6) is 0.254. The Hall–Kier alpha value is 0.861. The van der Waals surface area contributed by atoms with Gasteiger partial charge in [-0.3, -0.25) is 0 Å². The molecular weight excluding hydrogens is 237 g/mol. The smallest absolute Gasteiger partial charge is 0.445 e. The number of halogens is 3. The van der Waals surface area contributed by atoms with E-state index in [1.807, 2.05) is 0 Å². The first kappa shape index (κ1) is 14.9. The molecule has 0 atom stereocenters. The Morgan fingerprint density at radius 1 is 1.21 bits per heavy atom. The van der Waals surface area contributed by atoms with E-state index in [0.29, 0.717) is 5.56 Å². The summed E-state index contributed by atoms with van der Waals surface area (Å²) in [7, 11) is 0. The third-order valence-electron chi connectivity index (χ3n) is 1.60. The molecule has 0 amide bonds. The van der Waals surface area contributed by atoms with Crippen molar-refractivity contribution >= 4 is 30.8 Å². The van der Waals surface area contributed by atoms with Crippen molar-refractivity contribution in [1.82, 2.24) is 0 Å². The standard InChI is InChI=1S/C7H8BF3NS.K/c9-8(10,11)6-1-5(4-13)2-7(12)3-6;/h1-3,13H,4,12H2;/q-1;+1. The third-order valence-corrected chi connectivity index (χ3v) is 1.96. The van der Waals surface area contributed by atoms with Crippen molar-refractivity contribution in [2.24, 2.45) is 0 Å². The predicted octanol–water partition coefficient (Wildman–Crippen LogP) is -1.24. The minimum Gasteiger partial charge on any atom is -0.445 e. The molecule has 2 N–H and O–H groups in total. The van der Waals surface area contributed by atoms with Gasteiger partial charge in [0.15, 0.2) is 0 Å². The van der Waals surface area contributed by atoms with Crippen molar-refractivity contribution in [3.8, 4) is 0 Å². The topological polar surface area (TPSA) is 26.0 Å². The van der Waals surface area contributed by atoms with E-state index >= 15 is 0 Å². The summed E-state index contributed by atoms with van der Waals surface area (Å²) in [6, 6.07) is 3.49. The number of benzene rings is 1. The van der Waals surface area contributed by atoms with Gasteiger partial charge in [0.2, 0.25) is 0 Å². The fourth-order valence-electron chi connectivity index (χ4n) is 1.03. The second-order valence-electron chi connectivity index (χ2n) is 2.74. The Labute approximate surface area is 129 Å². The van der Waals surface area contributed by atoms with Gasteiger partial charge in [0, 0.05) is 11.4 Å². The number of anilines is 1. The molecule has 0 unspecified atom stereocenters. The Morgan fingerprint density at radius 2 is 1.79 bits per heavy atom. The van der Waals surface area contributed by atoms with Crippen molar-refractivity contribution < 1.29 is 64.3 Å². The van der Waals surface area contributed by atoms with Gasteiger partial charge in [-0.05, 0) is 11.6 Å². The van der Waals surface area contributed by atoms with Crippen LogP contribution < -0.4 is 62.6 Å². The van der Waals surface area contributed by atoms with Crippen molar-refractivity contribution in [1.29, 1.82) is 0 Å². The largest absolute Gasteiger partial charge is 1.00 e. The molecule has 1 aromatic carbocycles. The number of thiol groups is 1. The maximum Gasteiger partial charge on any atom is 1.00 e. The van der Waals surface area contributed by atoms with E-state index in [-0.39, 0.29) is 62.8 Å². The fraction of sp³-hybridized carbons (Fsp3) is 0.143. The van der Waals surface area contributed by atoms with Crippen LogP contribution in [0.5, 0.6) is 0 Å². The van der Waals surface area contributed by atoms with E-state index < -0.39 is 12.4 Å². The summed E-state index contributed by atoms with van der Waals surface area (Å²) >= 11 is 3.88. The molecule has 0 saturated heterocycles. The maximum atomic E-state index is 12.3. The molecule has 1 rings (SSSR count). The zero-order valence-corrected chi connectivity index (χ0v) is 11.7. The molecule has 0 aliphatic heterocycles. The zero-order valence-electron chi connectivity index (χ0n) is 7.67. The van der Waals surface area contributed by atoms with Crippen LogP contribution >= 0.6 is 12.6 Å². The molecule has 0 aliphatic rings. The van der Waals surface area contributed by atoms with Gasteiger partial charge in [0.05, 0.1) is 0 Å². The van der Waals surface area contributed by atoms with E-state index in [1.54, 1.807) is 0 Å². The van der Waals surface area contributed by atoms with Gasteiger partial charge in [0.25, 0.3) is 0 Å². The van der Waals surface area contributed by atoms with Crippen LogP contribution in [0.2, 0.25) is 0 Å². The van der Waals surface area contributed by atoms with Gasteiger partial charge >= 0.3 is 58.4 Å². The zero-order chi connectivity index (χ0) is 10.1. The van der Waals surface area contributed by atoms with Gasteiger partial charge in [0.1, 0.15) is 0 Å². The van der Waals surface area contributed by atoms with Crippen LogP contribution in [0, 0.1) is 0 Å². The Balaban J connectivity index is 0.00000169. The van der Waals surface area contributed by atoms with Crippen LogP contribution in [0.3, 0.4) is 0 Å². The van der Waals surface area contributed by atoms with Gasteiger partial charge in [-0.15, -0.1) is 5.46 Å². The summed E-state index contributed by atoms with van der Waals surface area (Å²) < 4.78 is 36.8. The van der Waals surface area contributed by atoms with Crippen LogP contribution in [0.15, 0.2) is 18.2 Å². The number of hydrogen-bond acceptors (Lipinski definition) is 2. The van der Waals surface area contributed by atoms with Gasteiger partial charge in [-0.2, -0.15) is 12.6 Å². The van der Waals surface area contributed by atoms with E-state index in [4.69, 9.17) is 5.73 Å². The number of hydrogen-bond donors (Lipinski definition) is 2. The van der Waals surface area contributed by atoms with E-state index in [0.717, 1.165) is 12.1 Å². The average molecular weight is 245 g/mol. The fourth-order valence-corrected chi connectivity index (χ4v) is 1.21. The van der Waals surface area contributed by atoms with Crippen molar-refractivity contribution in [2.45, 2.75) is 5.75 Å². The van der Waals surface area contributed by atoms with Gasteiger partial charge in [-0.25, -0.2) is 0 Å². The second kappa shape index (κ2) is 5.81. The predicted molar refractivity (Wildman–Crippen MR) is 52.3 cm³/mol. The van der Waals surface area contributed by atoms with Crippen LogP contribution in [0.25, 0.3) is 0 Å². The monoisotopic (exact) mass is 245 g/mol. The van der Waals surface area contributed by atoms with Crippen LogP contribution in [-0.2, 0) is 5.75 Å². The molecule has 0 fully saturated rings. The van der Waals surface area contributed by atoms with Crippen molar-refractivity contribution in [3.05, 3.63) is 23.8 Å². The molecule has 0 spiro atoms. The summed E-state index contributed by atoms with van der Waals surface area (Å²) in [5, 5.41) is 0. The van der Waals surface area contributed by atoms with Gasteiger partial charge < -0.3 is 18.7 Å². The molecule has 1 aromatic rings. The molecule has 7 heteroatoms. The second-order valence-corrected chi connectivity index (χ2v) is 3.06. The summed E-state index contributed by atoms with van der Waals surface area (Å²) in [4.78, 5) is 0. The summed E-state index contributed by atoms with van der Waals surface area (Å²) in [6.07, 6.45) is 0. The molecule has 1 nitrogen and oxygen atoms in total. The van der Waals surface area contributed by atoms with Crippen molar-refractivity contribution in [3.63, 3.8) is 0 Å².